The van der Waals surface area contributed by atoms with Crippen LogP contribution < -0.4 is 4.31 Å². The standard InChI is InChI=1S/C21H17FN2O7S3/c1-11-14-9-13(22)5-7-17(14)32-20(11)24(33(26)27)16-6-4-12(8-18(16)34(3,28)29)19-23-15(10-31-19)21(25)30-2/h4-10H,1-3H3,(H,26,27)/p-1. The Morgan fingerprint density at radius 2 is 2.00 bits per heavy atom. The molecule has 34 heavy (non-hydrogen) atoms. The minimum atomic E-state index is -3.95. The molecule has 0 aliphatic heterocycles. The highest BCUT2D eigenvalue weighted by Crippen LogP contribution is 2.44. The summed E-state index contributed by atoms with van der Waals surface area (Å²) in [6.45, 7) is 1.63. The third-order valence-corrected chi connectivity index (χ3v) is 8.11. The predicted octanol–water partition coefficient (Wildman–Crippen LogP) is 4.13. The Kier molecular flexibility index (Phi) is 6.29. The maximum atomic E-state index is 13.8. The van der Waals surface area contributed by atoms with Crippen LogP contribution in [0.4, 0.5) is 15.1 Å². The van der Waals surface area contributed by atoms with Crippen LogP contribution in [0.1, 0.15) is 16.1 Å². The summed E-state index contributed by atoms with van der Waals surface area (Å²) in [5.41, 5.74) is 0.432. The number of thiophene rings is 1. The van der Waals surface area contributed by atoms with E-state index in [4.69, 9.17) is 4.42 Å². The highest BCUT2D eigenvalue weighted by Gasteiger charge is 2.26. The van der Waals surface area contributed by atoms with Crippen molar-refractivity contribution in [3.63, 3.8) is 0 Å². The lowest BCUT2D eigenvalue weighted by Crippen LogP contribution is -2.21. The summed E-state index contributed by atoms with van der Waals surface area (Å²) < 4.78 is 75.1. The first-order valence-corrected chi connectivity index (χ1v) is 13.2. The highest BCUT2D eigenvalue weighted by atomic mass is 32.2. The molecule has 2 aromatic carbocycles. The van der Waals surface area contributed by atoms with Crippen molar-refractivity contribution in [3.05, 3.63) is 59.7 Å². The van der Waals surface area contributed by atoms with Crippen molar-refractivity contribution in [2.45, 2.75) is 11.8 Å². The number of fused-ring (bicyclic) bond motifs is 1. The third-order valence-electron chi connectivity index (χ3n) is 4.93. The van der Waals surface area contributed by atoms with E-state index in [0.717, 1.165) is 28.2 Å². The number of hydrogen-bond acceptors (Lipinski definition) is 9. The quantitative estimate of drug-likeness (QED) is 0.272. The van der Waals surface area contributed by atoms with Gasteiger partial charge in [-0.1, -0.05) is 0 Å². The summed E-state index contributed by atoms with van der Waals surface area (Å²) in [4.78, 5) is 15.3. The molecule has 0 radical (unpaired) electrons. The van der Waals surface area contributed by atoms with Gasteiger partial charge in [0, 0.05) is 21.9 Å². The molecule has 0 N–H and O–H groups in total. The van der Waals surface area contributed by atoms with E-state index in [1.807, 2.05) is 0 Å². The SMILES string of the molecule is COC(=O)c1coc(-c2ccc(N(c3sc4ccc(F)cc4c3C)S(=O)[O-])c(S(C)(=O)=O)c2)n1. The van der Waals surface area contributed by atoms with Crippen LogP contribution in [0.3, 0.4) is 0 Å². The molecule has 13 heteroatoms. The van der Waals surface area contributed by atoms with Gasteiger partial charge in [-0.15, -0.1) is 11.3 Å². The molecular formula is C21H16FN2O7S3-. The number of rotatable bonds is 6. The molecule has 0 fully saturated rings. The van der Waals surface area contributed by atoms with E-state index in [0.29, 0.717) is 15.6 Å². The number of benzene rings is 2. The largest absolute Gasteiger partial charge is 0.755 e. The van der Waals surface area contributed by atoms with Gasteiger partial charge in [0.25, 0.3) is 0 Å². The molecule has 9 nitrogen and oxygen atoms in total. The van der Waals surface area contributed by atoms with Crippen molar-refractivity contribution >= 4 is 59.2 Å². The van der Waals surface area contributed by atoms with E-state index in [9.17, 15) is 26.4 Å². The summed E-state index contributed by atoms with van der Waals surface area (Å²) >= 11 is -1.83. The number of carbonyl (C=O) groups is 1. The molecule has 4 rings (SSSR count). The van der Waals surface area contributed by atoms with Gasteiger partial charge in [-0.25, -0.2) is 22.6 Å². The lowest BCUT2D eigenvalue weighted by atomic mass is 10.1. The highest BCUT2D eigenvalue weighted by molar-refractivity contribution is 7.91. The summed E-state index contributed by atoms with van der Waals surface area (Å²) in [5.74, 6) is -1.27. The van der Waals surface area contributed by atoms with Crippen molar-refractivity contribution in [2.24, 2.45) is 0 Å². The number of oxazole rings is 1. The zero-order valence-corrected chi connectivity index (χ0v) is 20.3. The number of ether oxygens (including phenoxy) is 1. The molecule has 1 unspecified atom stereocenters. The third kappa shape index (κ3) is 4.34. The van der Waals surface area contributed by atoms with Crippen molar-refractivity contribution in [2.75, 3.05) is 17.7 Å². The summed E-state index contributed by atoms with van der Waals surface area (Å²) in [7, 11) is -2.77. The molecule has 0 saturated heterocycles. The van der Waals surface area contributed by atoms with Gasteiger partial charge in [-0.2, -0.15) is 0 Å². The number of hydrogen-bond donors (Lipinski definition) is 0. The number of methoxy groups -OCH3 is 1. The molecular weight excluding hydrogens is 507 g/mol. The van der Waals surface area contributed by atoms with Gasteiger partial charge in [0.2, 0.25) is 5.89 Å². The number of aromatic nitrogens is 1. The first-order chi connectivity index (χ1) is 16.0. The number of nitrogens with zero attached hydrogens (tertiary/aromatic N) is 2. The van der Waals surface area contributed by atoms with Gasteiger partial charge >= 0.3 is 5.97 Å². The Morgan fingerprint density at radius 3 is 2.65 bits per heavy atom. The first-order valence-electron chi connectivity index (χ1n) is 9.47. The molecule has 0 amide bonds. The Bertz CT molecular complexity index is 1560. The fraction of sp³-hybridized carbons (Fsp3) is 0.143. The lowest BCUT2D eigenvalue weighted by molar-refractivity contribution is 0.0594. The summed E-state index contributed by atoms with van der Waals surface area (Å²) in [5, 5.41) is 0.735. The van der Waals surface area contributed by atoms with E-state index in [-0.39, 0.29) is 32.7 Å². The first kappa shape index (κ1) is 24.0. The maximum absolute atomic E-state index is 13.8. The molecule has 4 aromatic rings. The molecule has 1 atom stereocenters. The number of halogens is 1. The van der Waals surface area contributed by atoms with Crippen molar-refractivity contribution in [1.29, 1.82) is 0 Å². The second kappa shape index (κ2) is 8.91. The lowest BCUT2D eigenvalue weighted by Gasteiger charge is -2.27. The van der Waals surface area contributed by atoms with E-state index in [1.54, 1.807) is 6.92 Å². The fourth-order valence-electron chi connectivity index (χ4n) is 3.35. The number of aryl methyl sites for hydroxylation is 1. The molecule has 2 heterocycles. The minimum Gasteiger partial charge on any atom is -0.755 e. The Hall–Kier alpha value is -3.13. The monoisotopic (exact) mass is 523 g/mol. The van der Waals surface area contributed by atoms with Crippen LogP contribution >= 0.6 is 11.3 Å². The van der Waals surface area contributed by atoms with E-state index in [1.165, 1.54) is 43.5 Å². The zero-order chi connectivity index (χ0) is 24.8. The normalized spacial score (nSPS) is 12.6. The van der Waals surface area contributed by atoms with Gasteiger partial charge in [0.1, 0.15) is 17.1 Å². The van der Waals surface area contributed by atoms with Crippen molar-refractivity contribution in [3.8, 4) is 11.5 Å². The zero-order valence-electron chi connectivity index (χ0n) is 17.9. The van der Waals surface area contributed by atoms with Crippen LogP contribution in [-0.2, 0) is 25.8 Å². The second-order valence-corrected chi connectivity index (χ2v) is 11.0. The Labute approximate surface area is 200 Å². The average molecular weight is 524 g/mol. The van der Waals surface area contributed by atoms with Crippen molar-refractivity contribution < 1.29 is 35.5 Å². The smallest absolute Gasteiger partial charge is 0.360 e. The maximum Gasteiger partial charge on any atom is 0.360 e. The van der Waals surface area contributed by atoms with E-state index >= 15 is 0 Å². The van der Waals surface area contributed by atoms with Gasteiger partial charge in [-0.05, 0) is 48.9 Å². The Morgan fingerprint density at radius 1 is 1.26 bits per heavy atom. The van der Waals surface area contributed by atoms with Crippen LogP contribution in [-0.4, -0.2) is 41.5 Å². The van der Waals surface area contributed by atoms with E-state index < -0.39 is 32.9 Å². The second-order valence-electron chi connectivity index (χ2n) is 7.17. The van der Waals surface area contributed by atoms with Gasteiger partial charge < -0.3 is 13.7 Å². The molecule has 0 saturated carbocycles. The van der Waals surface area contributed by atoms with Crippen LogP contribution in [0.15, 0.2) is 52.0 Å². The van der Waals surface area contributed by atoms with Gasteiger partial charge in [0.15, 0.2) is 15.5 Å². The molecule has 178 valence electrons. The number of sulfone groups is 1. The van der Waals surface area contributed by atoms with Crippen LogP contribution in [0.25, 0.3) is 21.5 Å². The molecule has 0 spiro atoms. The average Bonchev–Trinajstić information content (AvgIpc) is 3.39. The molecule has 2 aromatic heterocycles. The van der Waals surface area contributed by atoms with Crippen LogP contribution in [0, 0.1) is 12.7 Å². The topological polar surface area (TPSA) is 130 Å². The van der Waals surface area contributed by atoms with Gasteiger partial charge in [0.05, 0.1) is 29.0 Å². The van der Waals surface area contributed by atoms with E-state index in [2.05, 4.69) is 9.72 Å². The molecule has 0 aliphatic carbocycles. The predicted molar refractivity (Wildman–Crippen MR) is 124 cm³/mol. The summed E-state index contributed by atoms with van der Waals surface area (Å²) in [6.07, 6.45) is 2.00. The van der Waals surface area contributed by atoms with Crippen molar-refractivity contribution in [1.82, 2.24) is 4.98 Å². The number of esters is 1. The van der Waals surface area contributed by atoms with Gasteiger partial charge in [-0.3, -0.25) is 8.51 Å². The molecule has 0 aliphatic rings. The molecule has 0 bridgehead atoms. The fourth-order valence-corrected chi connectivity index (χ4v) is 6.28. The Balaban J connectivity index is 1.90. The summed E-state index contributed by atoms with van der Waals surface area (Å²) in [6, 6.07) is 8.00. The van der Waals surface area contributed by atoms with Crippen LogP contribution in [0.2, 0.25) is 0 Å². The minimum absolute atomic E-state index is 0.0554. The number of carbonyl (C=O) groups excluding carboxylic acids is 1. The number of anilines is 2. The van der Waals surface area contributed by atoms with Crippen LogP contribution in [0.5, 0.6) is 0 Å².